The molecule has 0 aromatic carbocycles. The summed E-state index contributed by atoms with van der Waals surface area (Å²) in [5.74, 6) is 0.288. The molecule has 1 amide bonds. The average molecular weight is 268 g/mol. The second-order valence-corrected chi connectivity index (χ2v) is 6.05. The van der Waals surface area contributed by atoms with Crippen LogP contribution in [0.25, 0.3) is 0 Å². The standard InChI is InChI=1S/C14H28N4O/c1-12-10-13(4-7-16(12)2)17(3)11-14(19)18-8-5-15-6-9-18/h12-13,15H,4-11H2,1-3H3. The molecule has 5 nitrogen and oxygen atoms in total. The van der Waals surface area contributed by atoms with Crippen LogP contribution in [0, 0.1) is 0 Å². The normalized spacial score (nSPS) is 29.8. The lowest BCUT2D eigenvalue weighted by Crippen LogP contribution is -2.52. The van der Waals surface area contributed by atoms with E-state index in [1.165, 1.54) is 12.8 Å². The molecule has 0 aromatic heterocycles. The summed E-state index contributed by atoms with van der Waals surface area (Å²) in [5.41, 5.74) is 0. The van der Waals surface area contributed by atoms with E-state index >= 15 is 0 Å². The lowest BCUT2D eigenvalue weighted by atomic mass is 9.98. The van der Waals surface area contributed by atoms with Crippen molar-refractivity contribution in [1.82, 2.24) is 20.0 Å². The van der Waals surface area contributed by atoms with Gasteiger partial charge in [0, 0.05) is 38.3 Å². The molecule has 0 radical (unpaired) electrons. The molecule has 0 saturated carbocycles. The molecule has 5 heteroatoms. The average Bonchev–Trinajstić information content (AvgIpc) is 2.42. The zero-order valence-electron chi connectivity index (χ0n) is 12.6. The predicted molar refractivity (Wildman–Crippen MR) is 77.2 cm³/mol. The van der Waals surface area contributed by atoms with E-state index in [1.807, 2.05) is 4.90 Å². The Kier molecular flexibility index (Phi) is 5.19. The van der Waals surface area contributed by atoms with Crippen molar-refractivity contribution in [3.8, 4) is 0 Å². The van der Waals surface area contributed by atoms with Crippen molar-refractivity contribution in [2.24, 2.45) is 0 Å². The first-order valence-electron chi connectivity index (χ1n) is 7.47. The zero-order valence-corrected chi connectivity index (χ0v) is 12.6. The highest BCUT2D eigenvalue weighted by atomic mass is 16.2. The van der Waals surface area contributed by atoms with Gasteiger partial charge in [0.2, 0.25) is 5.91 Å². The van der Waals surface area contributed by atoms with Crippen LogP contribution < -0.4 is 5.32 Å². The van der Waals surface area contributed by atoms with Crippen LogP contribution in [0.15, 0.2) is 0 Å². The predicted octanol–water partition coefficient (Wildman–Crippen LogP) is -0.167. The van der Waals surface area contributed by atoms with Crippen LogP contribution in [-0.2, 0) is 4.79 Å². The van der Waals surface area contributed by atoms with E-state index < -0.39 is 0 Å². The van der Waals surface area contributed by atoms with Gasteiger partial charge in [0.25, 0.3) is 0 Å². The maximum absolute atomic E-state index is 12.2. The van der Waals surface area contributed by atoms with Gasteiger partial charge >= 0.3 is 0 Å². The molecule has 1 N–H and O–H groups in total. The second-order valence-electron chi connectivity index (χ2n) is 6.05. The van der Waals surface area contributed by atoms with E-state index in [2.05, 4.69) is 36.1 Å². The number of likely N-dealkylation sites (tertiary alicyclic amines) is 1. The maximum Gasteiger partial charge on any atom is 0.236 e. The Morgan fingerprint density at radius 2 is 2.00 bits per heavy atom. The smallest absolute Gasteiger partial charge is 0.236 e. The maximum atomic E-state index is 12.2. The van der Waals surface area contributed by atoms with E-state index in [0.29, 0.717) is 18.6 Å². The molecule has 19 heavy (non-hydrogen) atoms. The fraction of sp³-hybridized carbons (Fsp3) is 0.929. The first kappa shape index (κ1) is 14.8. The number of rotatable bonds is 3. The van der Waals surface area contributed by atoms with Gasteiger partial charge in [0.1, 0.15) is 0 Å². The third-order valence-corrected chi connectivity index (χ3v) is 4.66. The molecular weight excluding hydrogens is 240 g/mol. The van der Waals surface area contributed by atoms with Gasteiger partial charge in [-0.15, -0.1) is 0 Å². The number of nitrogens with zero attached hydrogens (tertiary/aromatic N) is 3. The second kappa shape index (κ2) is 6.68. The highest BCUT2D eigenvalue weighted by molar-refractivity contribution is 5.78. The molecule has 2 fully saturated rings. The number of likely N-dealkylation sites (N-methyl/N-ethyl adjacent to an activating group) is 1. The fourth-order valence-electron chi connectivity index (χ4n) is 3.02. The van der Waals surface area contributed by atoms with E-state index in [9.17, 15) is 4.79 Å². The van der Waals surface area contributed by atoms with Crippen LogP contribution >= 0.6 is 0 Å². The molecule has 2 heterocycles. The lowest BCUT2D eigenvalue weighted by molar-refractivity contribution is -0.133. The Morgan fingerprint density at radius 1 is 1.32 bits per heavy atom. The summed E-state index contributed by atoms with van der Waals surface area (Å²) in [7, 11) is 4.29. The minimum Gasteiger partial charge on any atom is -0.339 e. The largest absolute Gasteiger partial charge is 0.339 e. The molecule has 0 spiro atoms. The number of nitrogens with one attached hydrogen (secondary N) is 1. The first-order valence-corrected chi connectivity index (χ1v) is 7.47. The molecule has 2 saturated heterocycles. The Bertz CT molecular complexity index is 304. The monoisotopic (exact) mass is 268 g/mol. The highest BCUT2D eigenvalue weighted by Gasteiger charge is 2.27. The van der Waals surface area contributed by atoms with Crippen molar-refractivity contribution in [3.63, 3.8) is 0 Å². The molecule has 0 bridgehead atoms. The molecule has 0 aromatic rings. The summed E-state index contributed by atoms with van der Waals surface area (Å²) < 4.78 is 0. The van der Waals surface area contributed by atoms with Crippen LogP contribution in [0.1, 0.15) is 19.8 Å². The molecule has 110 valence electrons. The third-order valence-electron chi connectivity index (χ3n) is 4.66. The molecule has 2 aliphatic rings. The van der Waals surface area contributed by atoms with Gasteiger partial charge in [-0.25, -0.2) is 0 Å². The van der Waals surface area contributed by atoms with Crippen LogP contribution in [0.2, 0.25) is 0 Å². The number of piperidine rings is 1. The zero-order chi connectivity index (χ0) is 13.8. The number of carbonyl (C=O) groups is 1. The molecule has 2 unspecified atom stereocenters. The Labute approximate surface area is 116 Å². The quantitative estimate of drug-likeness (QED) is 0.771. The molecule has 0 aliphatic carbocycles. The van der Waals surface area contributed by atoms with Gasteiger partial charge < -0.3 is 15.1 Å². The van der Waals surface area contributed by atoms with E-state index in [-0.39, 0.29) is 5.91 Å². The van der Waals surface area contributed by atoms with Crippen LogP contribution in [-0.4, -0.2) is 86.1 Å². The van der Waals surface area contributed by atoms with E-state index in [0.717, 1.165) is 32.7 Å². The summed E-state index contributed by atoms with van der Waals surface area (Å²) in [4.78, 5) is 18.9. The Morgan fingerprint density at radius 3 is 2.63 bits per heavy atom. The van der Waals surface area contributed by atoms with Crippen molar-refractivity contribution in [1.29, 1.82) is 0 Å². The number of hydrogen-bond donors (Lipinski definition) is 1. The van der Waals surface area contributed by atoms with Gasteiger partial charge in [0.05, 0.1) is 6.54 Å². The van der Waals surface area contributed by atoms with Crippen LogP contribution in [0.3, 0.4) is 0 Å². The summed E-state index contributed by atoms with van der Waals surface area (Å²) >= 11 is 0. The Hall–Kier alpha value is -0.650. The van der Waals surface area contributed by atoms with Crippen molar-refractivity contribution in [2.45, 2.75) is 31.8 Å². The fourth-order valence-corrected chi connectivity index (χ4v) is 3.02. The molecular formula is C14H28N4O. The van der Waals surface area contributed by atoms with Crippen molar-refractivity contribution >= 4 is 5.91 Å². The summed E-state index contributed by atoms with van der Waals surface area (Å²) in [6.45, 7) is 7.56. The SMILES string of the molecule is CC1CC(N(C)CC(=O)N2CCNCC2)CCN1C. The highest BCUT2D eigenvalue weighted by Crippen LogP contribution is 2.19. The number of carbonyl (C=O) groups excluding carboxylic acids is 1. The van der Waals surface area contributed by atoms with Gasteiger partial charge in [0.15, 0.2) is 0 Å². The summed E-state index contributed by atoms with van der Waals surface area (Å²) in [6.07, 6.45) is 2.34. The molecule has 2 rings (SSSR count). The summed E-state index contributed by atoms with van der Waals surface area (Å²) in [5, 5.41) is 3.28. The van der Waals surface area contributed by atoms with Crippen LogP contribution in [0.5, 0.6) is 0 Å². The van der Waals surface area contributed by atoms with Crippen molar-refractivity contribution < 1.29 is 4.79 Å². The number of piperazine rings is 1. The number of hydrogen-bond acceptors (Lipinski definition) is 4. The lowest BCUT2D eigenvalue weighted by Gasteiger charge is -2.39. The molecule has 2 aliphatic heterocycles. The minimum atomic E-state index is 0.288. The van der Waals surface area contributed by atoms with Gasteiger partial charge in [-0.3, -0.25) is 9.69 Å². The Balaban J connectivity index is 1.79. The van der Waals surface area contributed by atoms with Crippen LogP contribution in [0.4, 0.5) is 0 Å². The van der Waals surface area contributed by atoms with E-state index in [4.69, 9.17) is 0 Å². The van der Waals surface area contributed by atoms with Crippen molar-refractivity contribution in [3.05, 3.63) is 0 Å². The molecule has 2 atom stereocenters. The van der Waals surface area contributed by atoms with Gasteiger partial charge in [-0.1, -0.05) is 0 Å². The minimum absolute atomic E-state index is 0.288. The van der Waals surface area contributed by atoms with E-state index in [1.54, 1.807) is 0 Å². The van der Waals surface area contributed by atoms with Gasteiger partial charge in [-0.2, -0.15) is 0 Å². The summed E-state index contributed by atoms with van der Waals surface area (Å²) in [6, 6.07) is 1.17. The topological polar surface area (TPSA) is 38.8 Å². The number of amides is 1. The first-order chi connectivity index (χ1) is 9.08. The van der Waals surface area contributed by atoms with Gasteiger partial charge in [-0.05, 0) is 40.4 Å². The van der Waals surface area contributed by atoms with Crippen molar-refractivity contribution in [2.75, 3.05) is 53.4 Å². The third kappa shape index (κ3) is 3.91.